The Labute approximate surface area is 258 Å². The van der Waals surface area contributed by atoms with Gasteiger partial charge in [-0.05, 0) is 49.0 Å². The standard InChI is InChI=1S/C25H22F11NO8S2/c1-2-14-5-7-16(8-6-14)18(38)45-17-10-15-4-3-9-20(11-15,12-17)13-44-19(39)21(26,27)46(40,41)37-47(42,43)25(35,36)23(30,31)22(28,29)24(32,33)34/h2,5-8,10,15,37H,1,3-4,9,11-13H2. The molecule has 3 rings (SSSR count). The van der Waals surface area contributed by atoms with Crippen LogP contribution < -0.4 is 4.13 Å². The number of alkyl halides is 11. The molecule has 2 unspecified atom stereocenters. The number of halogens is 11. The largest absolute Gasteiger partial charge is 0.460 e. The summed E-state index contributed by atoms with van der Waals surface area (Å²) in [6.07, 6.45) is -3.61. The highest BCUT2D eigenvalue weighted by Gasteiger charge is 2.86. The number of fused-ring (bicyclic) bond motifs is 2. The number of carbonyl (C=O) groups excluding carboxylic acids is 2. The molecule has 2 atom stereocenters. The minimum absolute atomic E-state index is 0.0146. The van der Waals surface area contributed by atoms with Crippen LogP contribution in [0.5, 0.6) is 0 Å². The molecule has 47 heavy (non-hydrogen) atoms. The second-order valence-electron chi connectivity index (χ2n) is 10.7. The summed E-state index contributed by atoms with van der Waals surface area (Å²) in [7, 11) is -15.5. The van der Waals surface area contributed by atoms with E-state index in [2.05, 4.69) is 11.3 Å². The number of hydrogen-bond acceptors (Lipinski definition) is 8. The number of carbonyl (C=O) groups is 2. The number of nitrogens with one attached hydrogen (secondary N) is 1. The lowest BCUT2D eigenvalue weighted by atomic mass is 9.64. The van der Waals surface area contributed by atoms with Crippen molar-refractivity contribution >= 4 is 38.1 Å². The lowest BCUT2D eigenvalue weighted by Gasteiger charge is -2.43. The van der Waals surface area contributed by atoms with Gasteiger partial charge in [0.2, 0.25) is 0 Å². The molecule has 0 heterocycles. The Morgan fingerprint density at radius 2 is 1.49 bits per heavy atom. The van der Waals surface area contributed by atoms with E-state index < -0.39 is 76.7 Å². The first kappa shape index (κ1) is 38.2. The van der Waals surface area contributed by atoms with E-state index in [4.69, 9.17) is 4.74 Å². The third kappa shape index (κ3) is 6.99. The van der Waals surface area contributed by atoms with Crippen molar-refractivity contribution < 1.29 is 84.2 Å². The maximum atomic E-state index is 14.6. The second-order valence-corrected chi connectivity index (χ2v) is 14.4. The zero-order valence-electron chi connectivity index (χ0n) is 23.2. The van der Waals surface area contributed by atoms with Crippen LogP contribution in [-0.2, 0) is 34.3 Å². The lowest BCUT2D eigenvalue weighted by molar-refractivity contribution is -0.382. The molecule has 0 saturated heterocycles. The van der Waals surface area contributed by atoms with Crippen molar-refractivity contribution in [3.63, 3.8) is 0 Å². The molecule has 2 aliphatic rings. The van der Waals surface area contributed by atoms with Crippen LogP contribution in [0.4, 0.5) is 48.3 Å². The van der Waals surface area contributed by atoms with E-state index in [-0.39, 0.29) is 36.5 Å². The molecule has 1 N–H and O–H groups in total. The number of allylic oxidation sites excluding steroid dienone is 2. The Hall–Kier alpha value is -3.27. The minimum Gasteiger partial charge on any atom is -0.460 e. The zero-order chi connectivity index (χ0) is 36.1. The van der Waals surface area contributed by atoms with E-state index in [1.807, 2.05) is 0 Å². The van der Waals surface area contributed by atoms with Crippen molar-refractivity contribution in [3.8, 4) is 0 Å². The first-order chi connectivity index (χ1) is 21.2. The predicted octanol–water partition coefficient (Wildman–Crippen LogP) is 5.76. The van der Waals surface area contributed by atoms with Gasteiger partial charge in [-0.25, -0.2) is 26.4 Å². The molecule has 1 aromatic rings. The van der Waals surface area contributed by atoms with Gasteiger partial charge in [-0.1, -0.05) is 35.3 Å². The van der Waals surface area contributed by atoms with Crippen molar-refractivity contribution in [1.82, 2.24) is 4.13 Å². The van der Waals surface area contributed by atoms with Gasteiger partial charge in [0.25, 0.3) is 10.0 Å². The van der Waals surface area contributed by atoms with Gasteiger partial charge in [0.05, 0.1) is 12.2 Å². The fraction of sp³-hybridized carbons (Fsp3) is 0.520. The van der Waals surface area contributed by atoms with Crippen LogP contribution in [0.1, 0.15) is 48.0 Å². The highest BCUT2D eigenvalue weighted by atomic mass is 32.3. The Morgan fingerprint density at radius 1 is 0.915 bits per heavy atom. The van der Waals surface area contributed by atoms with Crippen LogP contribution in [0.25, 0.3) is 6.08 Å². The van der Waals surface area contributed by atoms with Crippen molar-refractivity contribution in [2.24, 2.45) is 11.3 Å². The Kier molecular flexibility index (Phi) is 10.0. The molecule has 0 spiro atoms. The van der Waals surface area contributed by atoms with Gasteiger partial charge in [-0.2, -0.15) is 48.3 Å². The van der Waals surface area contributed by atoms with E-state index >= 15 is 0 Å². The molecule has 0 radical (unpaired) electrons. The highest BCUT2D eigenvalue weighted by molar-refractivity contribution is 8.06. The minimum atomic E-state index is -8.08. The van der Waals surface area contributed by atoms with Crippen LogP contribution in [-0.4, -0.2) is 63.9 Å². The Balaban J connectivity index is 1.77. The third-order valence-corrected chi connectivity index (χ3v) is 10.8. The molecule has 1 saturated carbocycles. The van der Waals surface area contributed by atoms with Crippen LogP contribution >= 0.6 is 0 Å². The van der Waals surface area contributed by atoms with Gasteiger partial charge < -0.3 is 9.47 Å². The Bertz CT molecular complexity index is 1660. The fourth-order valence-corrected chi connectivity index (χ4v) is 7.61. The summed E-state index contributed by atoms with van der Waals surface area (Å²) < 4.78 is 203. The van der Waals surface area contributed by atoms with Crippen LogP contribution in [0, 0.1) is 11.3 Å². The first-order valence-electron chi connectivity index (χ1n) is 12.8. The molecule has 9 nitrogen and oxygen atoms in total. The van der Waals surface area contributed by atoms with E-state index in [0.717, 1.165) is 0 Å². The monoisotopic (exact) mass is 737 g/mol. The van der Waals surface area contributed by atoms with E-state index in [0.29, 0.717) is 18.4 Å². The number of rotatable bonds is 12. The normalized spacial score (nSPS) is 21.4. The molecular weight excluding hydrogens is 715 g/mol. The molecule has 0 aliphatic heterocycles. The quantitative estimate of drug-likeness (QED) is 0.212. The van der Waals surface area contributed by atoms with Crippen molar-refractivity contribution in [2.45, 2.75) is 60.6 Å². The van der Waals surface area contributed by atoms with Gasteiger partial charge in [0.15, 0.2) is 0 Å². The smallest absolute Gasteiger partial charge is 0.460 e. The van der Waals surface area contributed by atoms with Gasteiger partial charge in [-0.15, -0.1) is 0 Å². The van der Waals surface area contributed by atoms with Crippen molar-refractivity contribution in [3.05, 3.63) is 53.8 Å². The van der Waals surface area contributed by atoms with Gasteiger partial charge >= 0.3 is 50.5 Å². The zero-order valence-corrected chi connectivity index (χ0v) is 24.9. The van der Waals surface area contributed by atoms with Crippen LogP contribution in [0.3, 0.4) is 0 Å². The summed E-state index contributed by atoms with van der Waals surface area (Å²) in [6.45, 7) is 2.50. The van der Waals surface area contributed by atoms with Crippen LogP contribution in [0.15, 0.2) is 42.7 Å². The average molecular weight is 738 g/mol. The Morgan fingerprint density at radius 3 is 2.02 bits per heavy atom. The second kappa shape index (κ2) is 12.3. The molecule has 1 fully saturated rings. The SMILES string of the molecule is C=Cc1ccc(C(=O)OC2=CC3CCCC(COC(=O)C(F)(F)S(=O)(=O)NS(=O)(=O)C(F)(F)C(F)(F)C(F)(F)C(F)(F)F)(C2)C3)cc1. The molecule has 0 aromatic heterocycles. The summed E-state index contributed by atoms with van der Waals surface area (Å²) in [5, 5.41) is -13.9. The van der Waals surface area contributed by atoms with Gasteiger partial charge in [-0.3, -0.25) is 0 Å². The summed E-state index contributed by atoms with van der Waals surface area (Å²) >= 11 is 0. The average Bonchev–Trinajstić information content (AvgIpc) is 2.94. The number of sulfonamides is 2. The number of hydrogen-bond donors (Lipinski definition) is 1. The molecule has 1 aromatic carbocycles. The molecule has 0 amide bonds. The van der Waals surface area contributed by atoms with E-state index in [9.17, 15) is 74.7 Å². The third-order valence-electron chi connectivity index (χ3n) is 7.31. The number of esters is 2. The number of ether oxygens (including phenoxy) is 2. The molecule has 264 valence electrons. The van der Waals surface area contributed by atoms with Crippen molar-refractivity contribution in [1.29, 1.82) is 0 Å². The van der Waals surface area contributed by atoms with Crippen LogP contribution in [0.2, 0.25) is 0 Å². The summed E-state index contributed by atoms with van der Waals surface area (Å²) in [4.78, 5) is 24.7. The number of benzene rings is 1. The summed E-state index contributed by atoms with van der Waals surface area (Å²) in [6, 6.07) is 5.92. The molecule has 22 heteroatoms. The van der Waals surface area contributed by atoms with Crippen molar-refractivity contribution in [2.75, 3.05) is 6.61 Å². The highest BCUT2D eigenvalue weighted by Crippen LogP contribution is 2.55. The molecule has 2 aliphatic carbocycles. The lowest BCUT2D eigenvalue weighted by Crippen LogP contribution is -2.66. The summed E-state index contributed by atoms with van der Waals surface area (Å²) in [5.74, 6) is -20.1. The summed E-state index contributed by atoms with van der Waals surface area (Å²) in [5.41, 5.74) is -0.506. The first-order valence-corrected chi connectivity index (χ1v) is 15.8. The topological polar surface area (TPSA) is 133 Å². The van der Waals surface area contributed by atoms with E-state index in [1.165, 1.54) is 18.2 Å². The molecular formula is C25H22F11NO8S2. The molecule has 2 bridgehead atoms. The maximum Gasteiger partial charge on any atom is 0.460 e. The predicted molar refractivity (Wildman–Crippen MR) is 137 cm³/mol. The fourth-order valence-electron chi connectivity index (χ4n) is 4.87. The van der Waals surface area contributed by atoms with Gasteiger partial charge in [0.1, 0.15) is 5.76 Å². The maximum absolute atomic E-state index is 14.6. The van der Waals surface area contributed by atoms with Gasteiger partial charge in [0, 0.05) is 11.8 Å². The van der Waals surface area contributed by atoms with E-state index in [1.54, 1.807) is 18.2 Å².